The smallest absolute Gasteiger partial charge is 0.244 e. The lowest BCUT2D eigenvalue weighted by molar-refractivity contribution is -0.140. The van der Waals surface area contributed by atoms with Crippen LogP contribution in [-0.2, 0) is 21.4 Å². The molecule has 1 aliphatic heterocycles. The molecule has 1 aliphatic carbocycles. The minimum Gasteiger partial charge on any atom is -0.368 e. The summed E-state index contributed by atoms with van der Waals surface area (Å²) in [4.78, 5) is 25.5. The number of benzene rings is 1. The molecule has 0 aromatic heterocycles. The Labute approximate surface area is 124 Å². The monoisotopic (exact) mass is 284 g/mol. The first-order valence-corrected chi connectivity index (χ1v) is 7.33. The lowest BCUT2D eigenvalue weighted by Crippen LogP contribution is -2.65. The molecule has 0 unspecified atom stereocenters. The zero-order chi connectivity index (χ0) is 15.1. The van der Waals surface area contributed by atoms with Crippen molar-refractivity contribution in [3.63, 3.8) is 0 Å². The van der Waals surface area contributed by atoms with E-state index in [1.807, 2.05) is 18.2 Å². The SMILES string of the molecule is C=CC[C@]12CCN(C=O)[C@@]1(C(N)=O)CCc1ccccc12. The van der Waals surface area contributed by atoms with E-state index < -0.39 is 16.9 Å². The lowest BCUT2D eigenvalue weighted by atomic mass is 9.57. The first-order valence-electron chi connectivity index (χ1n) is 7.33. The van der Waals surface area contributed by atoms with Crippen LogP contribution in [0.15, 0.2) is 36.9 Å². The number of rotatable bonds is 4. The summed E-state index contributed by atoms with van der Waals surface area (Å²) in [5.74, 6) is -0.400. The predicted octanol–water partition coefficient (Wildman–Crippen LogP) is 1.53. The van der Waals surface area contributed by atoms with Gasteiger partial charge in [-0.3, -0.25) is 9.59 Å². The molecule has 3 rings (SSSR count). The summed E-state index contributed by atoms with van der Waals surface area (Å²) in [5, 5.41) is 0. The number of nitrogens with zero attached hydrogens (tertiary/aromatic N) is 1. The van der Waals surface area contributed by atoms with Gasteiger partial charge in [-0.05, 0) is 36.8 Å². The van der Waals surface area contributed by atoms with Crippen LogP contribution in [0.5, 0.6) is 0 Å². The predicted molar refractivity (Wildman–Crippen MR) is 80.6 cm³/mol. The molecular formula is C17H20N2O2. The molecule has 0 saturated carbocycles. The molecule has 110 valence electrons. The van der Waals surface area contributed by atoms with Crippen LogP contribution in [0, 0.1) is 0 Å². The van der Waals surface area contributed by atoms with Crippen LogP contribution < -0.4 is 5.73 Å². The van der Waals surface area contributed by atoms with E-state index in [-0.39, 0.29) is 0 Å². The van der Waals surface area contributed by atoms with Crippen molar-refractivity contribution in [2.45, 2.75) is 36.6 Å². The van der Waals surface area contributed by atoms with Gasteiger partial charge in [0.1, 0.15) is 5.54 Å². The highest BCUT2D eigenvalue weighted by molar-refractivity contribution is 5.90. The number of allylic oxidation sites excluding steroid dienone is 1. The first kappa shape index (κ1) is 13.9. The molecule has 1 heterocycles. The van der Waals surface area contributed by atoms with Crippen molar-refractivity contribution in [2.75, 3.05) is 6.54 Å². The Morgan fingerprint density at radius 3 is 2.81 bits per heavy atom. The van der Waals surface area contributed by atoms with Crippen LogP contribution >= 0.6 is 0 Å². The molecule has 21 heavy (non-hydrogen) atoms. The fourth-order valence-corrected chi connectivity index (χ4v) is 4.52. The number of primary amides is 1. The maximum atomic E-state index is 12.4. The van der Waals surface area contributed by atoms with Gasteiger partial charge >= 0.3 is 0 Å². The van der Waals surface area contributed by atoms with Crippen molar-refractivity contribution >= 4 is 12.3 Å². The maximum Gasteiger partial charge on any atom is 0.244 e. The summed E-state index contributed by atoms with van der Waals surface area (Å²) >= 11 is 0. The number of aryl methyl sites for hydroxylation is 1. The third-order valence-electron chi connectivity index (χ3n) is 5.38. The zero-order valence-electron chi connectivity index (χ0n) is 12.0. The van der Waals surface area contributed by atoms with Crippen molar-refractivity contribution in [3.05, 3.63) is 48.0 Å². The number of hydrogen-bond donors (Lipinski definition) is 1. The summed E-state index contributed by atoms with van der Waals surface area (Å²) in [7, 11) is 0. The van der Waals surface area contributed by atoms with E-state index in [9.17, 15) is 9.59 Å². The van der Waals surface area contributed by atoms with Crippen molar-refractivity contribution < 1.29 is 9.59 Å². The van der Waals surface area contributed by atoms with Crippen LogP contribution in [0.1, 0.15) is 30.4 Å². The summed E-state index contributed by atoms with van der Waals surface area (Å²) in [6, 6.07) is 8.19. The topological polar surface area (TPSA) is 63.4 Å². The minimum absolute atomic E-state index is 0.400. The Morgan fingerprint density at radius 1 is 1.38 bits per heavy atom. The van der Waals surface area contributed by atoms with E-state index in [4.69, 9.17) is 5.73 Å². The second kappa shape index (κ2) is 4.72. The highest BCUT2D eigenvalue weighted by Crippen LogP contribution is 2.55. The molecule has 2 atom stereocenters. The van der Waals surface area contributed by atoms with Crippen LogP contribution in [-0.4, -0.2) is 29.3 Å². The van der Waals surface area contributed by atoms with Crippen molar-refractivity contribution in [1.29, 1.82) is 0 Å². The van der Waals surface area contributed by atoms with E-state index in [2.05, 4.69) is 18.7 Å². The molecule has 4 nitrogen and oxygen atoms in total. The van der Waals surface area contributed by atoms with E-state index in [0.29, 0.717) is 19.4 Å². The summed E-state index contributed by atoms with van der Waals surface area (Å²) < 4.78 is 0. The van der Waals surface area contributed by atoms with Gasteiger partial charge in [-0.1, -0.05) is 30.3 Å². The van der Waals surface area contributed by atoms with E-state index in [0.717, 1.165) is 24.8 Å². The molecule has 0 bridgehead atoms. The van der Waals surface area contributed by atoms with Crippen LogP contribution in [0.25, 0.3) is 0 Å². The largest absolute Gasteiger partial charge is 0.368 e. The Bertz CT molecular complexity index is 613. The van der Waals surface area contributed by atoms with Crippen molar-refractivity contribution in [1.82, 2.24) is 4.90 Å². The van der Waals surface area contributed by atoms with Gasteiger partial charge in [0.2, 0.25) is 12.3 Å². The van der Waals surface area contributed by atoms with Gasteiger partial charge in [0.25, 0.3) is 0 Å². The fourth-order valence-electron chi connectivity index (χ4n) is 4.52. The van der Waals surface area contributed by atoms with Gasteiger partial charge in [0.05, 0.1) is 0 Å². The molecule has 1 aromatic carbocycles. The van der Waals surface area contributed by atoms with Crippen LogP contribution in [0.2, 0.25) is 0 Å². The third kappa shape index (κ3) is 1.56. The second-order valence-electron chi connectivity index (χ2n) is 6.01. The number of likely N-dealkylation sites (tertiary alicyclic amines) is 1. The van der Waals surface area contributed by atoms with E-state index >= 15 is 0 Å². The highest BCUT2D eigenvalue weighted by atomic mass is 16.2. The number of carbonyl (C=O) groups excluding carboxylic acids is 2. The van der Waals surface area contributed by atoms with Crippen LogP contribution in [0.4, 0.5) is 0 Å². The zero-order valence-corrected chi connectivity index (χ0v) is 12.0. The normalized spacial score (nSPS) is 30.4. The Hall–Kier alpha value is -2.10. The van der Waals surface area contributed by atoms with Gasteiger partial charge in [-0.2, -0.15) is 0 Å². The van der Waals surface area contributed by atoms with E-state index in [1.165, 1.54) is 5.56 Å². The Morgan fingerprint density at radius 2 is 2.14 bits per heavy atom. The van der Waals surface area contributed by atoms with Gasteiger partial charge in [0, 0.05) is 12.0 Å². The average molecular weight is 284 g/mol. The number of amides is 2. The minimum atomic E-state index is -0.919. The number of carbonyl (C=O) groups is 2. The van der Waals surface area contributed by atoms with Gasteiger partial charge in [-0.25, -0.2) is 0 Å². The highest BCUT2D eigenvalue weighted by Gasteiger charge is 2.64. The number of hydrogen-bond acceptors (Lipinski definition) is 2. The van der Waals surface area contributed by atoms with E-state index in [1.54, 1.807) is 4.90 Å². The van der Waals surface area contributed by atoms with Crippen LogP contribution in [0.3, 0.4) is 0 Å². The van der Waals surface area contributed by atoms with Gasteiger partial charge < -0.3 is 10.6 Å². The average Bonchev–Trinajstić information content (AvgIpc) is 2.83. The molecule has 2 aliphatic rings. The van der Waals surface area contributed by atoms with Gasteiger partial charge in [-0.15, -0.1) is 6.58 Å². The Balaban J connectivity index is 2.29. The summed E-state index contributed by atoms with van der Waals surface area (Å²) in [6.45, 7) is 4.43. The van der Waals surface area contributed by atoms with Crippen molar-refractivity contribution in [3.8, 4) is 0 Å². The fraction of sp³-hybridized carbons (Fsp3) is 0.412. The quantitative estimate of drug-likeness (QED) is 0.673. The standard InChI is InChI=1S/C17H20N2O2/c1-2-8-16-10-11-19(12-20)17(16,15(18)21)9-7-13-5-3-4-6-14(13)16/h2-6,12H,1,7-11H2,(H2,18,21)/t16-,17-/m1/s1. The lowest BCUT2D eigenvalue weighted by Gasteiger charge is -2.50. The first-order chi connectivity index (χ1) is 10.1. The number of nitrogens with two attached hydrogens (primary N) is 1. The molecule has 4 heteroatoms. The molecule has 0 radical (unpaired) electrons. The molecule has 2 N–H and O–H groups in total. The van der Waals surface area contributed by atoms with Crippen molar-refractivity contribution in [2.24, 2.45) is 5.73 Å². The molecule has 0 spiro atoms. The maximum absolute atomic E-state index is 12.4. The number of fused-ring (bicyclic) bond motifs is 3. The second-order valence-corrected chi connectivity index (χ2v) is 6.01. The third-order valence-corrected chi connectivity index (χ3v) is 5.38. The molecule has 2 amide bonds. The molecule has 1 aromatic rings. The molecular weight excluding hydrogens is 264 g/mol. The van der Waals surface area contributed by atoms with Gasteiger partial charge in [0.15, 0.2) is 0 Å². The summed E-state index contributed by atoms with van der Waals surface area (Å²) in [6.07, 6.45) is 5.38. The Kier molecular flexibility index (Phi) is 3.12. The molecule has 1 fully saturated rings. The summed E-state index contributed by atoms with van der Waals surface area (Å²) in [5.41, 5.74) is 6.86. The molecule has 1 saturated heterocycles.